The minimum Gasteiger partial charge on any atom is -0.508 e. The number of nitrogens with zero attached hydrogens (tertiary/aromatic N) is 3. The molecule has 2 aromatic carbocycles. The molecular weight excluding hydrogens is 296 g/mol. The van der Waals surface area contributed by atoms with Crippen molar-refractivity contribution < 1.29 is 5.11 Å². The van der Waals surface area contributed by atoms with Crippen molar-refractivity contribution >= 4 is 18.4 Å². The third kappa shape index (κ3) is 2.82. The number of hydrogen-bond acceptors (Lipinski definition) is 4. The van der Waals surface area contributed by atoms with Gasteiger partial charge in [0.25, 0.3) is 0 Å². The quantitative estimate of drug-likeness (QED) is 0.575. The summed E-state index contributed by atoms with van der Waals surface area (Å²) in [5.74, 6) is 0.885. The molecule has 0 bridgehead atoms. The lowest BCUT2D eigenvalue weighted by Gasteiger charge is -2.04. The fourth-order valence-corrected chi connectivity index (χ4v) is 2.26. The maximum Gasteiger partial charge on any atom is 0.216 e. The highest BCUT2D eigenvalue weighted by molar-refractivity contribution is 7.71. The second kappa shape index (κ2) is 5.95. The molecule has 0 atom stereocenters. The summed E-state index contributed by atoms with van der Waals surface area (Å²) in [7, 11) is 0. The number of phenols is 1. The van der Waals surface area contributed by atoms with E-state index < -0.39 is 0 Å². The Kier molecular flexibility index (Phi) is 3.84. The highest BCUT2D eigenvalue weighted by Gasteiger charge is 2.09. The third-order valence-electron chi connectivity index (χ3n) is 3.25. The molecule has 22 heavy (non-hydrogen) atoms. The second-order valence-electron chi connectivity index (χ2n) is 4.82. The van der Waals surface area contributed by atoms with Crippen LogP contribution in [0.2, 0.25) is 0 Å². The third-order valence-corrected chi connectivity index (χ3v) is 3.52. The van der Waals surface area contributed by atoms with Crippen molar-refractivity contribution in [3.05, 3.63) is 64.4 Å². The number of hydrogen-bond donors (Lipinski definition) is 2. The number of aromatic hydroxyl groups is 1. The zero-order valence-electron chi connectivity index (χ0n) is 11.9. The summed E-state index contributed by atoms with van der Waals surface area (Å²) in [5.41, 5.74) is 2.92. The van der Waals surface area contributed by atoms with E-state index in [1.807, 2.05) is 31.2 Å². The van der Waals surface area contributed by atoms with Crippen molar-refractivity contribution in [2.45, 2.75) is 6.92 Å². The van der Waals surface area contributed by atoms with Gasteiger partial charge in [-0.15, -0.1) is 0 Å². The molecule has 0 unspecified atom stereocenters. The molecule has 0 radical (unpaired) electrons. The normalized spacial score (nSPS) is 11.1. The average Bonchev–Trinajstić information content (AvgIpc) is 2.88. The van der Waals surface area contributed by atoms with Crippen molar-refractivity contribution in [3.8, 4) is 17.1 Å². The van der Waals surface area contributed by atoms with Crippen LogP contribution in [0.3, 0.4) is 0 Å². The van der Waals surface area contributed by atoms with Crippen LogP contribution in [0.1, 0.15) is 11.1 Å². The van der Waals surface area contributed by atoms with Crippen molar-refractivity contribution in [3.63, 3.8) is 0 Å². The molecule has 3 aromatic rings. The van der Waals surface area contributed by atoms with Gasteiger partial charge < -0.3 is 5.11 Å². The van der Waals surface area contributed by atoms with E-state index in [1.165, 1.54) is 0 Å². The molecule has 0 aliphatic carbocycles. The fraction of sp³-hybridized carbons (Fsp3) is 0.0625. The van der Waals surface area contributed by atoms with Gasteiger partial charge in [-0.2, -0.15) is 14.9 Å². The first-order valence-electron chi connectivity index (χ1n) is 6.72. The predicted octanol–water partition coefficient (Wildman–Crippen LogP) is 3.50. The highest BCUT2D eigenvalue weighted by Crippen LogP contribution is 2.21. The van der Waals surface area contributed by atoms with E-state index in [9.17, 15) is 5.11 Å². The SMILES string of the molecule is Cc1ccccc1-c1n[nH]c(=S)n1/N=C/c1ccc(O)cc1. The highest BCUT2D eigenvalue weighted by atomic mass is 32.1. The van der Waals surface area contributed by atoms with Gasteiger partial charge in [0.05, 0.1) is 6.21 Å². The topological polar surface area (TPSA) is 66.2 Å². The standard InChI is InChI=1S/C16H14N4OS/c1-11-4-2-3-5-14(11)15-18-19-16(22)20(15)17-10-12-6-8-13(21)9-7-12/h2-10,21H,1H3,(H,19,22)/b17-10+. The molecule has 0 aliphatic heterocycles. The molecule has 0 fully saturated rings. The van der Waals surface area contributed by atoms with Gasteiger partial charge in [-0.3, -0.25) is 0 Å². The van der Waals surface area contributed by atoms with Crippen LogP contribution in [-0.4, -0.2) is 26.2 Å². The van der Waals surface area contributed by atoms with Crippen LogP contribution in [0.4, 0.5) is 0 Å². The van der Waals surface area contributed by atoms with Crippen molar-refractivity contribution in [2.24, 2.45) is 5.10 Å². The number of rotatable bonds is 3. The van der Waals surface area contributed by atoms with Crippen molar-refractivity contribution in [1.29, 1.82) is 0 Å². The summed E-state index contributed by atoms with van der Waals surface area (Å²) in [5, 5.41) is 20.7. The smallest absolute Gasteiger partial charge is 0.216 e. The predicted molar refractivity (Wildman–Crippen MR) is 88.7 cm³/mol. The van der Waals surface area contributed by atoms with Gasteiger partial charge in [0.2, 0.25) is 4.77 Å². The molecule has 0 aliphatic rings. The first-order chi connectivity index (χ1) is 10.6. The van der Waals surface area contributed by atoms with Gasteiger partial charge in [-0.1, -0.05) is 24.3 Å². The average molecular weight is 310 g/mol. The maximum absolute atomic E-state index is 9.29. The van der Waals surface area contributed by atoms with Crippen LogP contribution in [0.5, 0.6) is 5.75 Å². The van der Waals surface area contributed by atoms with E-state index >= 15 is 0 Å². The van der Waals surface area contributed by atoms with Gasteiger partial charge in [-0.05, 0) is 54.5 Å². The summed E-state index contributed by atoms with van der Waals surface area (Å²) in [6.07, 6.45) is 1.67. The molecule has 0 amide bonds. The first-order valence-corrected chi connectivity index (χ1v) is 7.13. The molecule has 0 spiro atoms. The first kappa shape index (κ1) is 14.2. The number of aromatic nitrogens is 3. The van der Waals surface area contributed by atoms with Gasteiger partial charge in [0.1, 0.15) is 5.75 Å². The number of nitrogens with one attached hydrogen (secondary N) is 1. The van der Waals surface area contributed by atoms with Crippen molar-refractivity contribution in [1.82, 2.24) is 14.9 Å². The Morgan fingerprint density at radius 2 is 1.91 bits per heavy atom. The van der Waals surface area contributed by atoms with E-state index in [-0.39, 0.29) is 5.75 Å². The molecule has 1 aromatic heterocycles. The number of benzene rings is 2. The Morgan fingerprint density at radius 1 is 1.18 bits per heavy atom. The van der Waals surface area contributed by atoms with Crippen LogP contribution in [0.15, 0.2) is 53.6 Å². The van der Waals surface area contributed by atoms with E-state index in [1.54, 1.807) is 35.2 Å². The van der Waals surface area contributed by atoms with Gasteiger partial charge in [-0.25, -0.2) is 5.10 Å². The molecule has 0 saturated heterocycles. The number of aryl methyl sites for hydroxylation is 1. The molecular formula is C16H14N4OS. The van der Waals surface area contributed by atoms with Crippen LogP contribution >= 0.6 is 12.2 Å². The van der Waals surface area contributed by atoms with Gasteiger partial charge in [0.15, 0.2) is 5.82 Å². The van der Waals surface area contributed by atoms with E-state index in [0.717, 1.165) is 16.7 Å². The summed E-state index contributed by atoms with van der Waals surface area (Å²) < 4.78 is 2.01. The summed E-state index contributed by atoms with van der Waals surface area (Å²) in [4.78, 5) is 0. The Labute approximate surface area is 132 Å². The Bertz CT molecular complexity index is 878. The molecule has 2 N–H and O–H groups in total. The van der Waals surface area contributed by atoms with Crippen molar-refractivity contribution in [2.75, 3.05) is 0 Å². The molecule has 3 rings (SSSR count). The zero-order valence-corrected chi connectivity index (χ0v) is 12.7. The summed E-state index contributed by atoms with van der Waals surface area (Å²) in [6.45, 7) is 2.01. The monoisotopic (exact) mass is 310 g/mol. The lowest BCUT2D eigenvalue weighted by Crippen LogP contribution is -1.96. The Morgan fingerprint density at radius 3 is 2.64 bits per heavy atom. The number of H-pyrrole nitrogens is 1. The van der Waals surface area contributed by atoms with Crippen LogP contribution in [0, 0.1) is 11.7 Å². The van der Waals surface area contributed by atoms with E-state index in [4.69, 9.17) is 12.2 Å². The number of phenolic OH excluding ortho intramolecular Hbond substituents is 1. The van der Waals surface area contributed by atoms with Crippen LogP contribution in [0.25, 0.3) is 11.4 Å². The van der Waals surface area contributed by atoms with Gasteiger partial charge >= 0.3 is 0 Å². The maximum atomic E-state index is 9.29. The Balaban J connectivity index is 2.02. The molecule has 1 heterocycles. The second-order valence-corrected chi connectivity index (χ2v) is 5.20. The van der Waals surface area contributed by atoms with Crippen LogP contribution < -0.4 is 0 Å². The molecule has 0 saturated carbocycles. The van der Waals surface area contributed by atoms with E-state index in [2.05, 4.69) is 15.3 Å². The lowest BCUT2D eigenvalue weighted by molar-refractivity contribution is 0.475. The molecule has 110 valence electrons. The molecule has 5 nitrogen and oxygen atoms in total. The molecule has 6 heteroatoms. The summed E-state index contributed by atoms with van der Waals surface area (Å²) in [6, 6.07) is 14.7. The van der Waals surface area contributed by atoms with Gasteiger partial charge in [0, 0.05) is 5.56 Å². The van der Waals surface area contributed by atoms with Crippen LogP contribution in [-0.2, 0) is 0 Å². The fourth-order valence-electron chi connectivity index (χ4n) is 2.08. The minimum atomic E-state index is 0.220. The zero-order chi connectivity index (χ0) is 15.5. The van der Waals surface area contributed by atoms with E-state index in [0.29, 0.717) is 10.6 Å². The Hall–Kier alpha value is -2.73. The minimum absolute atomic E-state index is 0.220. The summed E-state index contributed by atoms with van der Waals surface area (Å²) >= 11 is 5.24. The lowest BCUT2D eigenvalue weighted by atomic mass is 10.1. The number of aromatic amines is 1. The largest absolute Gasteiger partial charge is 0.508 e.